The van der Waals surface area contributed by atoms with Crippen molar-refractivity contribution in [1.29, 1.82) is 0 Å². The third kappa shape index (κ3) is 6.78. The predicted molar refractivity (Wildman–Crippen MR) is 129 cm³/mol. The molecule has 2 aliphatic rings. The molecule has 1 aromatic heterocycles. The lowest BCUT2D eigenvalue weighted by atomic mass is 9.64. The maximum absolute atomic E-state index is 12.9. The summed E-state index contributed by atoms with van der Waals surface area (Å²) in [7, 11) is 1.86. The van der Waals surface area contributed by atoms with Crippen LogP contribution in [0, 0.1) is 23.7 Å². The fourth-order valence-electron chi connectivity index (χ4n) is 5.22. The van der Waals surface area contributed by atoms with Crippen molar-refractivity contribution in [3.05, 3.63) is 48.1 Å². The number of ether oxygens (including phenoxy) is 2. The van der Waals surface area contributed by atoms with E-state index in [1.807, 2.05) is 13.2 Å². The van der Waals surface area contributed by atoms with Gasteiger partial charge in [0.05, 0.1) is 12.0 Å². The van der Waals surface area contributed by atoms with E-state index in [9.17, 15) is 14.4 Å². The minimum absolute atomic E-state index is 0.135. The molecule has 1 aromatic rings. The van der Waals surface area contributed by atoms with Crippen LogP contribution in [0.4, 0.5) is 0 Å². The van der Waals surface area contributed by atoms with Crippen LogP contribution in [0.25, 0.3) is 6.08 Å². The maximum Gasteiger partial charge on any atom is 0.331 e. The van der Waals surface area contributed by atoms with Crippen LogP contribution in [0.15, 0.2) is 42.4 Å². The van der Waals surface area contributed by atoms with Gasteiger partial charge in [0, 0.05) is 32.7 Å². The predicted octanol–water partition coefficient (Wildman–Crippen LogP) is 4.44. The van der Waals surface area contributed by atoms with E-state index in [1.165, 1.54) is 24.6 Å². The Morgan fingerprint density at radius 2 is 1.97 bits per heavy atom. The van der Waals surface area contributed by atoms with E-state index < -0.39 is 18.0 Å². The Balaban J connectivity index is 1.85. The summed E-state index contributed by atoms with van der Waals surface area (Å²) in [5.41, 5.74) is 1.92. The van der Waals surface area contributed by atoms with Gasteiger partial charge >= 0.3 is 11.9 Å². The van der Waals surface area contributed by atoms with Crippen molar-refractivity contribution in [2.75, 3.05) is 0 Å². The zero-order chi connectivity index (χ0) is 24.8. The van der Waals surface area contributed by atoms with Crippen LogP contribution in [0.1, 0.15) is 59.1 Å². The number of imidazole rings is 1. The minimum Gasteiger partial charge on any atom is -0.459 e. The molecule has 5 atom stereocenters. The molecule has 7 nitrogen and oxygen atoms in total. The fraction of sp³-hybridized carbons (Fsp3) is 0.556. The highest BCUT2D eigenvalue weighted by atomic mass is 16.5. The number of nitrogens with zero attached hydrogens (tertiary/aromatic N) is 2. The van der Waals surface area contributed by atoms with E-state index >= 15 is 0 Å². The molecule has 1 heterocycles. The molecule has 0 saturated carbocycles. The van der Waals surface area contributed by atoms with Gasteiger partial charge in [-0.3, -0.25) is 9.59 Å². The van der Waals surface area contributed by atoms with Gasteiger partial charge in [-0.25, -0.2) is 9.78 Å². The highest BCUT2D eigenvalue weighted by molar-refractivity contribution is 5.94. The van der Waals surface area contributed by atoms with E-state index in [1.54, 1.807) is 23.0 Å². The van der Waals surface area contributed by atoms with Crippen molar-refractivity contribution in [2.24, 2.45) is 30.7 Å². The van der Waals surface area contributed by atoms with E-state index in [0.29, 0.717) is 36.8 Å². The number of aryl methyl sites for hydroxylation is 1. The number of esters is 2. The molecular weight excluding hydrogens is 432 g/mol. The van der Waals surface area contributed by atoms with Gasteiger partial charge in [0.15, 0.2) is 11.9 Å². The Morgan fingerprint density at radius 1 is 1.21 bits per heavy atom. The van der Waals surface area contributed by atoms with Crippen LogP contribution in [-0.4, -0.2) is 39.5 Å². The third-order valence-corrected chi connectivity index (χ3v) is 6.93. The highest BCUT2D eigenvalue weighted by Crippen LogP contribution is 2.44. The quantitative estimate of drug-likeness (QED) is 0.361. The number of carbonyl (C=O) groups is 3. The number of hydrogen-bond donors (Lipinski definition) is 0. The summed E-state index contributed by atoms with van der Waals surface area (Å²) >= 11 is 0. The number of rotatable bonds is 5. The molecule has 0 aromatic carbocycles. The molecule has 2 aliphatic carbocycles. The summed E-state index contributed by atoms with van der Waals surface area (Å²) in [4.78, 5) is 41.4. The van der Waals surface area contributed by atoms with Gasteiger partial charge < -0.3 is 14.0 Å². The first-order chi connectivity index (χ1) is 16.1. The van der Waals surface area contributed by atoms with E-state index in [4.69, 9.17) is 9.47 Å². The van der Waals surface area contributed by atoms with Crippen LogP contribution in [0.2, 0.25) is 0 Å². The standard InChI is InChI=1S/C27H36N2O5/c1-17(2)22-11-9-18(3)23-13-21(34-27(32)12-10-20-15-29(5)16-28-20)7-6-8-25(31)26(14-24(22)23)33-19(4)30/h6,8-10,12,15-17,21-24,26H,7,11,13-14H2,1-5H3. The van der Waals surface area contributed by atoms with Gasteiger partial charge in [-0.05, 0) is 62.0 Å². The maximum atomic E-state index is 12.9. The monoisotopic (exact) mass is 468 g/mol. The van der Waals surface area contributed by atoms with Crippen molar-refractivity contribution in [3.8, 4) is 0 Å². The zero-order valence-electron chi connectivity index (χ0n) is 20.8. The zero-order valence-corrected chi connectivity index (χ0v) is 20.8. The lowest BCUT2D eigenvalue weighted by Crippen LogP contribution is -2.39. The first-order valence-corrected chi connectivity index (χ1v) is 12.0. The SMILES string of the molecule is CC(=O)OC1CC2C(CC(OC(=O)C=Cc3cn(C)cn3)CC=CC1=O)C(C)=CCC2C(C)C. The van der Waals surface area contributed by atoms with Crippen LogP contribution >= 0.6 is 0 Å². The molecule has 7 heteroatoms. The summed E-state index contributed by atoms with van der Waals surface area (Å²) in [6.07, 6.45) is 13.3. The first kappa shape index (κ1) is 25.7. The molecule has 0 N–H and O–H groups in total. The van der Waals surface area contributed by atoms with Crippen molar-refractivity contribution in [1.82, 2.24) is 9.55 Å². The Kier molecular flexibility index (Phi) is 8.64. The Labute approximate surface area is 201 Å². The van der Waals surface area contributed by atoms with Gasteiger partial charge in [-0.2, -0.15) is 0 Å². The second-order valence-electron chi connectivity index (χ2n) is 9.83. The normalized spacial score (nSPS) is 27.9. The number of ketones is 1. The van der Waals surface area contributed by atoms with Crippen LogP contribution in [0.3, 0.4) is 0 Å². The molecule has 0 bridgehead atoms. The van der Waals surface area contributed by atoms with E-state index in [0.717, 1.165) is 6.42 Å². The first-order valence-electron chi connectivity index (χ1n) is 12.0. The van der Waals surface area contributed by atoms with Gasteiger partial charge in [-0.1, -0.05) is 31.6 Å². The number of hydrogen-bond acceptors (Lipinski definition) is 6. The second kappa shape index (κ2) is 11.4. The second-order valence-corrected chi connectivity index (χ2v) is 9.83. The molecule has 0 spiro atoms. The molecule has 0 aliphatic heterocycles. The average molecular weight is 469 g/mol. The molecule has 34 heavy (non-hydrogen) atoms. The summed E-state index contributed by atoms with van der Waals surface area (Å²) < 4.78 is 13.1. The molecule has 184 valence electrons. The Bertz CT molecular complexity index is 987. The fourth-order valence-corrected chi connectivity index (χ4v) is 5.22. The summed E-state index contributed by atoms with van der Waals surface area (Å²) in [6.45, 7) is 7.83. The molecule has 0 fully saturated rings. The van der Waals surface area contributed by atoms with E-state index in [-0.39, 0.29) is 23.7 Å². The third-order valence-electron chi connectivity index (χ3n) is 6.93. The molecular formula is C27H36N2O5. The van der Waals surface area contributed by atoms with Crippen LogP contribution in [-0.2, 0) is 30.9 Å². The Morgan fingerprint density at radius 3 is 2.62 bits per heavy atom. The molecule has 0 amide bonds. The molecule has 0 saturated heterocycles. The van der Waals surface area contributed by atoms with Crippen LogP contribution in [0.5, 0.6) is 0 Å². The van der Waals surface area contributed by atoms with Gasteiger partial charge in [0.25, 0.3) is 0 Å². The number of allylic oxidation sites excluding steroid dienone is 2. The number of aromatic nitrogens is 2. The van der Waals surface area contributed by atoms with Gasteiger partial charge in [-0.15, -0.1) is 0 Å². The lowest BCUT2D eigenvalue weighted by molar-refractivity contribution is -0.153. The highest BCUT2D eigenvalue weighted by Gasteiger charge is 2.40. The largest absolute Gasteiger partial charge is 0.459 e. The molecule has 3 rings (SSSR count). The smallest absolute Gasteiger partial charge is 0.331 e. The van der Waals surface area contributed by atoms with Gasteiger partial charge in [0.2, 0.25) is 0 Å². The summed E-state index contributed by atoms with van der Waals surface area (Å²) in [6, 6.07) is 0. The summed E-state index contributed by atoms with van der Waals surface area (Å²) in [5, 5.41) is 0. The van der Waals surface area contributed by atoms with Crippen molar-refractivity contribution < 1.29 is 23.9 Å². The lowest BCUT2D eigenvalue weighted by Gasteiger charge is -2.42. The molecule has 5 unspecified atom stereocenters. The number of carbonyl (C=O) groups excluding carboxylic acids is 3. The number of fused-ring (bicyclic) bond motifs is 1. The topological polar surface area (TPSA) is 87.5 Å². The van der Waals surface area contributed by atoms with Crippen molar-refractivity contribution >= 4 is 23.8 Å². The van der Waals surface area contributed by atoms with Crippen molar-refractivity contribution in [3.63, 3.8) is 0 Å². The average Bonchev–Trinajstić information content (AvgIpc) is 3.18. The molecule has 0 radical (unpaired) electrons. The van der Waals surface area contributed by atoms with Crippen molar-refractivity contribution in [2.45, 2.75) is 65.6 Å². The van der Waals surface area contributed by atoms with E-state index in [2.05, 4.69) is 31.8 Å². The minimum atomic E-state index is -0.784. The Hall–Kier alpha value is -2.96. The van der Waals surface area contributed by atoms with Gasteiger partial charge in [0.1, 0.15) is 6.10 Å². The summed E-state index contributed by atoms with van der Waals surface area (Å²) in [5.74, 6) is -0.0541. The van der Waals surface area contributed by atoms with Crippen LogP contribution < -0.4 is 0 Å².